The van der Waals surface area contributed by atoms with Crippen molar-refractivity contribution in [3.63, 3.8) is 0 Å². The number of para-hydroxylation sites is 1. The van der Waals surface area contributed by atoms with E-state index in [1.54, 1.807) is 0 Å². The van der Waals surface area contributed by atoms with E-state index in [1.165, 1.54) is 0 Å². The summed E-state index contributed by atoms with van der Waals surface area (Å²) in [5.74, 6) is 0.872. The Morgan fingerprint density at radius 1 is 1.25 bits per heavy atom. The van der Waals surface area contributed by atoms with Crippen LogP contribution in [0.5, 0.6) is 5.75 Å². The predicted molar refractivity (Wildman–Crippen MR) is 103 cm³/mol. The first-order valence-electron chi connectivity index (χ1n) is 8.89. The lowest BCUT2D eigenvalue weighted by Crippen LogP contribution is -2.46. The van der Waals surface area contributed by atoms with Crippen LogP contribution in [0.25, 0.3) is 0 Å². The van der Waals surface area contributed by atoms with E-state index in [-0.39, 0.29) is 17.2 Å². The lowest BCUT2D eigenvalue weighted by molar-refractivity contribution is 0.190. The van der Waals surface area contributed by atoms with Gasteiger partial charge < -0.3 is 19.0 Å². The van der Waals surface area contributed by atoms with Crippen LogP contribution in [-0.4, -0.2) is 50.5 Å². The third-order valence-electron chi connectivity index (χ3n) is 5.35. The third-order valence-corrected chi connectivity index (χ3v) is 9.89. The molecule has 1 aliphatic heterocycles. The molecule has 1 heterocycles. The Balaban J connectivity index is 1.98. The molecule has 1 aromatic carbocycles. The number of hydrogen-bond donors (Lipinski definition) is 1. The number of hydrogen-bond acceptors (Lipinski definition) is 4. The maximum absolute atomic E-state index is 10.1. The van der Waals surface area contributed by atoms with Gasteiger partial charge in [0.15, 0.2) is 8.32 Å². The molecule has 0 aromatic heterocycles. The van der Waals surface area contributed by atoms with Gasteiger partial charge in [0.05, 0.1) is 6.10 Å². The van der Waals surface area contributed by atoms with Crippen molar-refractivity contribution in [3.8, 4) is 5.75 Å². The average molecular weight is 349 g/mol. The summed E-state index contributed by atoms with van der Waals surface area (Å²) in [6, 6.07) is 10.0. The van der Waals surface area contributed by atoms with Crippen molar-refractivity contribution in [2.75, 3.05) is 13.2 Å². The molecule has 1 saturated heterocycles. The molecule has 2 atom stereocenters. The molecule has 0 saturated carbocycles. The van der Waals surface area contributed by atoms with Gasteiger partial charge in [-0.25, -0.2) is 0 Å². The first-order valence-corrected chi connectivity index (χ1v) is 11.8. The zero-order valence-electron chi connectivity index (χ0n) is 16.0. The first-order chi connectivity index (χ1) is 11.1. The second-order valence-corrected chi connectivity index (χ2v) is 13.1. The predicted octanol–water partition coefficient (Wildman–Crippen LogP) is 3.64. The van der Waals surface area contributed by atoms with E-state index in [0.717, 1.165) is 18.7 Å². The quantitative estimate of drug-likeness (QED) is 0.796. The molecule has 2 rings (SSSR count). The van der Waals surface area contributed by atoms with Crippen LogP contribution in [0.15, 0.2) is 30.3 Å². The highest BCUT2D eigenvalue weighted by Gasteiger charge is 2.43. The van der Waals surface area contributed by atoms with Crippen LogP contribution in [0.3, 0.4) is 0 Å². The Morgan fingerprint density at radius 3 is 2.42 bits per heavy atom. The number of nitrogens with zero attached hydrogens (tertiary/aromatic N) is 1. The molecule has 134 valence electrons. The Kier molecular flexibility index (Phi) is 6.18. The fourth-order valence-corrected chi connectivity index (χ4v) is 4.26. The Bertz CT molecular complexity index is 519. The summed E-state index contributed by atoms with van der Waals surface area (Å²) in [5, 5.41) is 10.3. The maximum atomic E-state index is 10.1. The zero-order chi connectivity index (χ0) is 18.0. The van der Waals surface area contributed by atoms with Gasteiger partial charge in [-0.1, -0.05) is 39.0 Å². The third kappa shape index (κ3) is 4.85. The molecule has 1 fully saturated rings. The molecule has 1 aromatic rings. The minimum Gasteiger partial charge on any atom is -0.492 e. The van der Waals surface area contributed by atoms with E-state index in [2.05, 4.69) is 38.7 Å². The SMILES string of the molecule is CB(O)N1C[C@@H](O[Si](C)(C)C(C)(C)C)C[C@@H]1COc1ccccc1. The molecular formula is C18H32BNO3Si. The lowest BCUT2D eigenvalue weighted by Gasteiger charge is -2.38. The Hall–Kier alpha value is -0.818. The fourth-order valence-electron chi connectivity index (χ4n) is 2.91. The second-order valence-electron chi connectivity index (χ2n) is 8.34. The van der Waals surface area contributed by atoms with E-state index in [1.807, 2.05) is 37.2 Å². The molecule has 6 heteroatoms. The zero-order valence-corrected chi connectivity index (χ0v) is 17.0. The normalized spacial score (nSPS) is 22.6. The van der Waals surface area contributed by atoms with Gasteiger partial charge in [-0.2, -0.15) is 0 Å². The molecule has 4 nitrogen and oxygen atoms in total. The second kappa shape index (κ2) is 7.60. The summed E-state index contributed by atoms with van der Waals surface area (Å²) in [5.41, 5.74) is 0. The van der Waals surface area contributed by atoms with Crippen LogP contribution in [-0.2, 0) is 4.43 Å². The van der Waals surface area contributed by atoms with Gasteiger partial charge in [-0.15, -0.1) is 0 Å². The molecule has 24 heavy (non-hydrogen) atoms. The van der Waals surface area contributed by atoms with Gasteiger partial charge in [0.25, 0.3) is 0 Å². The molecule has 1 aliphatic rings. The Labute approximate surface area is 148 Å². The van der Waals surface area contributed by atoms with Gasteiger partial charge in [0.2, 0.25) is 0 Å². The van der Waals surface area contributed by atoms with Crippen molar-refractivity contribution in [1.29, 1.82) is 0 Å². The lowest BCUT2D eigenvalue weighted by atomic mass is 9.84. The van der Waals surface area contributed by atoms with Gasteiger partial charge in [0, 0.05) is 12.6 Å². The standard InChI is InChI=1S/C18H32BNO3Si/c1-18(2,3)24(5,6)23-17-12-15(20(13-17)19(4)21)14-22-16-10-8-7-9-11-16/h7-11,15,17,21H,12-14H2,1-6H3/t15-,17+/m1/s1. The number of ether oxygens (including phenoxy) is 1. The molecule has 1 N–H and O–H groups in total. The smallest absolute Gasteiger partial charge is 0.376 e. The van der Waals surface area contributed by atoms with E-state index in [0.29, 0.717) is 6.61 Å². The van der Waals surface area contributed by atoms with Crippen LogP contribution in [0, 0.1) is 0 Å². The van der Waals surface area contributed by atoms with E-state index < -0.39 is 15.4 Å². The molecule has 0 amide bonds. The minimum absolute atomic E-state index is 0.171. The van der Waals surface area contributed by atoms with Crippen molar-refractivity contribution in [3.05, 3.63) is 30.3 Å². The van der Waals surface area contributed by atoms with Crippen molar-refractivity contribution in [1.82, 2.24) is 4.81 Å². The number of rotatable bonds is 6. The van der Waals surface area contributed by atoms with Gasteiger partial charge >= 0.3 is 7.05 Å². The fraction of sp³-hybridized carbons (Fsp3) is 0.667. The highest BCUT2D eigenvalue weighted by molar-refractivity contribution is 6.74. The molecule has 0 aliphatic carbocycles. The van der Waals surface area contributed by atoms with E-state index in [4.69, 9.17) is 9.16 Å². The topological polar surface area (TPSA) is 41.9 Å². The molecular weight excluding hydrogens is 317 g/mol. The van der Waals surface area contributed by atoms with E-state index in [9.17, 15) is 5.02 Å². The molecule has 0 bridgehead atoms. The average Bonchev–Trinajstić information content (AvgIpc) is 2.87. The van der Waals surface area contributed by atoms with Crippen LogP contribution in [0.1, 0.15) is 27.2 Å². The molecule has 0 unspecified atom stereocenters. The highest BCUT2D eigenvalue weighted by atomic mass is 28.4. The summed E-state index contributed by atoms with van der Waals surface area (Å²) in [6.07, 6.45) is 1.08. The summed E-state index contributed by atoms with van der Waals surface area (Å²) in [7, 11) is -2.28. The van der Waals surface area contributed by atoms with Crippen LogP contribution in [0.4, 0.5) is 0 Å². The van der Waals surface area contributed by atoms with Crippen LogP contribution < -0.4 is 4.74 Å². The van der Waals surface area contributed by atoms with Crippen molar-refractivity contribution in [2.24, 2.45) is 0 Å². The van der Waals surface area contributed by atoms with Crippen LogP contribution >= 0.6 is 0 Å². The summed E-state index contributed by atoms with van der Waals surface area (Å²) in [6.45, 7) is 14.5. The van der Waals surface area contributed by atoms with Crippen LogP contribution in [0.2, 0.25) is 25.0 Å². The summed E-state index contributed by atoms with van der Waals surface area (Å²) < 4.78 is 12.5. The largest absolute Gasteiger partial charge is 0.492 e. The van der Waals surface area contributed by atoms with Crippen molar-refractivity contribution < 1.29 is 14.2 Å². The number of benzene rings is 1. The summed E-state index contributed by atoms with van der Waals surface area (Å²) >= 11 is 0. The van der Waals surface area contributed by atoms with Gasteiger partial charge in [-0.05, 0) is 43.5 Å². The molecule has 0 radical (unpaired) electrons. The van der Waals surface area contributed by atoms with Crippen molar-refractivity contribution in [2.45, 2.75) is 64.3 Å². The van der Waals surface area contributed by atoms with Crippen molar-refractivity contribution >= 4 is 15.4 Å². The summed E-state index contributed by atoms with van der Waals surface area (Å²) in [4.78, 5) is 2.10. The van der Waals surface area contributed by atoms with Gasteiger partial charge in [-0.3, -0.25) is 0 Å². The minimum atomic E-state index is -1.80. The molecule has 0 spiro atoms. The first kappa shape index (κ1) is 19.5. The monoisotopic (exact) mass is 349 g/mol. The highest BCUT2D eigenvalue weighted by Crippen LogP contribution is 2.39. The Morgan fingerprint density at radius 2 is 1.88 bits per heavy atom. The van der Waals surface area contributed by atoms with Gasteiger partial charge in [0.1, 0.15) is 12.4 Å². The van der Waals surface area contributed by atoms with E-state index >= 15 is 0 Å². The maximum Gasteiger partial charge on any atom is 0.376 e.